The van der Waals surface area contributed by atoms with Crippen LogP contribution in [0.25, 0.3) is 0 Å². The van der Waals surface area contributed by atoms with Crippen LogP contribution in [-0.2, 0) is 4.79 Å². The molecule has 27 heavy (non-hydrogen) atoms. The predicted molar refractivity (Wildman–Crippen MR) is 98.0 cm³/mol. The number of carbonyl (C=O) groups excluding carboxylic acids is 2. The number of amides is 3. The van der Waals surface area contributed by atoms with E-state index in [1.54, 1.807) is 19.2 Å². The summed E-state index contributed by atoms with van der Waals surface area (Å²) in [6.07, 6.45) is 0. The van der Waals surface area contributed by atoms with Crippen LogP contribution in [0.1, 0.15) is 11.6 Å². The maximum atomic E-state index is 13.2. The highest BCUT2D eigenvalue weighted by Gasteiger charge is 2.43. The molecule has 0 unspecified atom stereocenters. The molecule has 136 valence electrons. The lowest BCUT2D eigenvalue weighted by Gasteiger charge is -2.31. The summed E-state index contributed by atoms with van der Waals surface area (Å²) in [6, 6.07) is 14.3. The van der Waals surface area contributed by atoms with E-state index >= 15 is 0 Å². The molecule has 4 rings (SSSR count). The predicted octanol–water partition coefficient (Wildman–Crippen LogP) is 2.59. The number of likely N-dealkylation sites (N-methyl/N-ethyl adjacent to an activating group) is 1. The third kappa shape index (κ3) is 2.71. The Balaban J connectivity index is 1.75. The molecule has 0 fully saturated rings. The minimum absolute atomic E-state index is 0.0904. The summed E-state index contributed by atoms with van der Waals surface area (Å²) in [5, 5.41) is 13.9. The summed E-state index contributed by atoms with van der Waals surface area (Å²) in [7, 11) is 1.61. The molecular formula is C19H16N4O4. The summed E-state index contributed by atoms with van der Waals surface area (Å²) < 4.78 is 0. The van der Waals surface area contributed by atoms with Gasteiger partial charge in [0.15, 0.2) is 0 Å². The Kier molecular flexibility index (Phi) is 3.88. The summed E-state index contributed by atoms with van der Waals surface area (Å²) in [5.41, 5.74) is 2.23. The first kappa shape index (κ1) is 16.8. The van der Waals surface area contributed by atoms with Crippen LogP contribution in [0.3, 0.4) is 0 Å². The number of non-ortho nitro benzene ring substituents is 1. The molecule has 1 atom stereocenters. The van der Waals surface area contributed by atoms with Crippen LogP contribution in [0.15, 0.2) is 65.9 Å². The van der Waals surface area contributed by atoms with Gasteiger partial charge in [0.25, 0.3) is 11.6 Å². The van der Waals surface area contributed by atoms with Crippen LogP contribution in [0, 0.1) is 10.1 Å². The summed E-state index contributed by atoms with van der Waals surface area (Å²) in [4.78, 5) is 39.0. The average Bonchev–Trinajstić information content (AvgIpc) is 3.03. The molecule has 2 aromatic rings. The molecule has 2 aliphatic heterocycles. The Morgan fingerprint density at radius 2 is 1.85 bits per heavy atom. The van der Waals surface area contributed by atoms with E-state index in [-0.39, 0.29) is 24.2 Å². The number of nitro groups is 1. The number of urea groups is 1. The Morgan fingerprint density at radius 1 is 1.11 bits per heavy atom. The van der Waals surface area contributed by atoms with Crippen molar-refractivity contribution in [3.63, 3.8) is 0 Å². The van der Waals surface area contributed by atoms with Gasteiger partial charge in [0.1, 0.15) is 0 Å². The molecule has 0 bridgehead atoms. The smallest absolute Gasteiger partial charge is 0.322 e. The van der Waals surface area contributed by atoms with Crippen molar-refractivity contribution in [1.82, 2.24) is 10.2 Å². The fraction of sp³-hybridized carbons (Fsp3) is 0.158. The van der Waals surface area contributed by atoms with E-state index in [2.05, 4.69) is 5.32 Å². The van der Waals surface area contributed by atoms with E-state index in [0.29, 0.717) is 17.0 Å². The Morgan fingerprint density at radius 3 is 2.56 bits per heavy atom. The number of rotatable bonds is 3. The second-order valence-electron chi connectivity index (χ2n) is 6.38. The highest BCUT2D eigenvalue weighted by atomic mass is 16.6. The van der Waals surface area contributed by atoms with Gasteiger partial charge in [-0.15, -0.1) is 0 Å². The van der Waals surface area contributed by atoms with Crippen molar-refractivity contribution in [1.29, 1.82) is 0 Å². The largest absolute Gasteiger partial charge is 0.327 e. The van der Waals surface area contributed by atoms with E-state index in [1.807, 2.05) is 30.3 Å². The standard InChI is InChI=1S/C19H16N4O4/c1-21-15-11-22(13-8-5-9-14(10-13)23(26)27)18(24)16(15)17(20-19(21)25)12-6-3-2-4-7-12/h2-10,17H,11H2,1H3,(H,20,25)/t17-/m1/s1. The fourth-order valence-electron chi connectivity index (χ4n) is 3.45. The molecule has 0 aromatic heterocycles. The van der Waals surface area contributed by atoms with E-state index < -0.39 is 11.0 Å². The van der Waals surface area contributed by atoms with Crippen molar-refractivity contribution in [2.75, 3.05) is 18.5 Å². The third-order valence-electron chi connectivity index (χ3n) is 4.85. The zero-order chi connectivity index (χ0) is 19.1. The lowest BCUT2D eigenvalue weighted by atomic mass is 9.96. The summed E-state index contributed by atoms with van der Waals surface area (Å²) in [5.74, 6) is -0.272. The molecule has 2 aliphatic rings. The number of anilines is 1. The van der Waals surface area contributed by atoms with Gasteiger partial charge in [0, 0.05) is 19.2 Å². The van der Waals surface area contributed by atoms with Gasteiger partial charge in [0.05, 0.1) is 34.5 Å². The van der Waals surface area contributed by atoms with Crippen LogP contribution in [-0.4, -0.2) is 35.4 Å². The van der Waals surface area contributed by atoms with Crippen molar-refractivity contribution in [2.24, 2.45) is 0 Å². The molecule has 0 aliphatic carbocycles. The zero-order valence-electron chi connectivity index (χ0n) is 14.5. The molecule has 8 heteroatoms. The molecule has 1 N–H and O–H groups in total. The average molecular weight is 364 g/mol. The number of nitro benzene ring substituents is 1. The third-order valence-corrected chi connectivity index (χ3v) is 4.85. The molecule has 8 nitrogen and oxygen atoms in total. The SMILES string of the molecule is CN1C(=O)N[C@H](c2ccccc2)C2=C1CN(c1cccc([N+](=O)[O-])c1)C2=O. The Bertz CT molecular complexity index is 986. The van der Waals surface area contributed by atoms with Crippen LogP contribution in [0.4, 0.5) is 16.2 Å². The normalized spacial score (nSPS) is 19.2. The number of benzene rings is 2. The molecule has 0 spiro atoms. The fourth-order valence-corrected chi connectivity index (χ4v) is 3.45. The first-order valence-corrected chi connectivity index (χ1v) is 8.36. The number of nitrogens with zero attached hydrogens (tertiary/aromatic N) is 3. The van der Waals surface area contributed by atoms with Crippen LogP contribution >= 0.6 is 0 Å². The maximum absolute atomic E-state index is 13.2. The minimum atomic E-state index is -0.555. The monoisotopic (exact) mass is 364 g/mol. The van der Waals surface area contributed by atoms with Gasteiger partial charge in [-0.2, -0.15) is 0 Å². The first-order valence-electron chi connectivity index (χ1n) is 8.36. The van der Waals surface area contributed by atoms with Gasteiger partial charge in [-0.05, 0) is 11.6 Å². The van der Waals surface area contributed by atoms with Gasteiger partial charge in [-0.3, -0.25) is 19.8 Å². The van der Waals surface area contributed by atoms with Gasteiger partial charge in [-0.25, -0.2) is 4.79 Å². The number of hydrogen-bond acceptors (Lipinski definition) is 4. The molecular weight excluding hydrogens is 348 g/mol. The van der Waals surface area contributed by atoms with Gasteiger partial charge in [-0.1, -0.05) is 36.4 Å². The number of nitrogens with one attached hydrogen (secondary N) is 1. The van der Waals surface area contributed by atoms with E-state index in [4.69, 9.17) is 0 Å². The van der Waals surface area contributed by atoms with Gasteiger partial charge >= 0.3 is 6.03 Å². The quantitative estimate of drug-likeness (QED) is 0.669. The Labute approximate surface area is 154 Å². The highest BCUT2D eigenvalue weighted by molar-refractivity contribution is 6.11. The first-order chi connectivity index (χ1) is 13.0. The van der Waals surface area contributed by atoms with E-state index in [1.165, 1.54) is 21.9 Å². The molecule has 3 amide bonds. The van der Waals surface area contributed by atoms with Crippen LogP contribution < -0.4 is 10.2 Å². The van der Waals surface area contributed by atoms with E-state index in [0.717, 1.165) is 5.56 Å². The second kappa shape index (κ2) is 6.24. The van der Waals surface area contributed by atoms with Crippen molar-refractivity contribution in [3.05, 3.63) is 81.5 Å². The van der Waals surface area contributed by atoms with Crippen molar-refractivity contribution in [3.8, 4) is 0 Å². The molecule has 2 aromatic carbocycles. The van der Waals surface area contributed by atoms with E-state index in [9.17, 15) is 19.7 Å². The van der Waals surface area contributed by atoms with Crippen molar-refractivity contribution >= 4 is 23.3 Å². The lowest BCUT2D eigenvalue weighted by molar-refractivity contribution is -0.384. The van der Waals surface area contributed by atoms with Gasteiger partial charge in [0.2, 0.25) is 0 Å². The minimum Gasteiger partial charge on any atom is -0.327 e. The summed E-state index contributed by atoms with van der Waals surface area (Å²) in [6.45, 7) is 0.183. The van der Waals surface area contributed by atoms with Crippen molar-refractivity contribution in [2.45, 2.75) is 6.04 Å². The molecule has 2 heterocycles. The topological polar surface area (TPSA) is 95.8 Å². The maximum Gasteiger partial charge on any atom is 0.322 e. The molecule has 0 radical (unpaired) electrons. The summed E-state index contributed by atoms with van der Waals surface area (Å²) >= 11 is 0. The zero-order valence-corrected chi connectivity index (χ0v) is 14.5. The second-order valence-corrected chi connectivity index (χ2v) is 6.38. The van der Waals surface area contributed by atoms with Crippen molar-refractivity contribution < 1.29 is 14.5 Å². The molecule has 0 saturated carbocycles. The highest BCUT2D eigenvalue weighted by Crippen LogP contribution is 2.38. The van der Waals surface area contributed by atoms with Gasteiger partial charge < -0.3 is 10.2 Å². The molecule has 0 saturated heterocycles. The number of carbonyl (C=O) groups is 2. The number of hydrogen-bond donors (Lipinski definition) is 1. The Hall–Kier alpha value is -3.68. The van der Waals surface area contributed by atoms with Crippen LogP contribution in [0.5, 0.6) is 0 Å². The lowest BCUT2D eigenvalue weighted by Crippen LogP contribution is -2.45. The van der Waals surface area contributed by atoms with Crippen LogP contribution in [0.2, 0.25) is 0 Å².